The molecule has 8 heteroatoms. The third kappa shape index (κ3) is 4.42. The summed E-state index contributed by atoms with van der Waals surface area (Å²) in [5.41, 5.74) is 11.7. The van der Waals surface area contributed by atoms with E-state index < -0.39 is 0 Å². The number of anilines is 1. The molecular weight excluding hydrogens is 294 g/mol. The van der Waals surface area contributed by atoms with E-state index in [1.165, 1.54) is 19.2 Å². The molecule has 0 bridgehead atoms. The Bertz CT molecular complexity index is 536. The van der Waals surface area contributed by atoms with Gasteiger partial charge in [0.25, 0.3) is 5.91 Å². The molecule has 0 heterocycles. The summed E-state index contributed by atoms with van der Waals surface area (Å²) in [5.74, 6) is 0.00142. The highest BCUT2D eigenvalue weighted by Crippen LogP contribution is 2.28. The number of methoxy groups -OCH3 is 1. The number of rotatable bonds is 6. The van der Waals surface area contributed by atoms with E-state index >= 15 is 0 Å². The maximum absolute atomic E-state index is 12.1. The largest absolute Gasteiger partial charge is 0.496 e. The Kier molecular flexibility index (Phi) is 6.10. The molecule has 21 heavy (non-hydrogen) atoms. The summed E-state index contributed by atoms with van der Waals surface area (Å²) in [4.78, 5) is 13.8. The lowest BCUT2D eigenvalue weighted by Gasteiger charge is -2.20. The Morgan fingerprint density at radius 2 is 2.19 bits per heavy atom. The Labute approximate surface area is 128 Å². The van der Waals surface area contributed by atoms with Crippen molar-refractivity contribution in [2.24, 2.45) is 5.73 Å². The van der Waals surface area contributed by atoms with Crippen molar-refractivity contribution in [3.05, 3.63) is 22.7 Å². The fourth-order valence-corrected chi connectivity index (χ4v) is 1.93. The molecule has 116 valence electrons. The Balaban J connectivity index is 2.72. The molecule has 0 aromatic heterocycles. The van der Waals surface area contributed by atoms with Gasteiger partial charge in [0.1, 0.15) is 5.75 Å². The SMILES string of the molecule is CCN(CCNC(=O)c1cc(Cl)c(N)cc1OC)C(=N)N. The van der Waals surface area contributed by atoms with E-state index in [1.54, 1.807) is 4.90 Å². The molecule has 1 aromatic carbocycles. The van der Waals surface area contributed by atoms with Crippen LogP contribution in [-0.2, 0) is 0 Å². The van der Waals surface area contributed by atoms with Crippen LogP contribution in [0.4, 0.5) is 5.69 Å². The van der Waals surface area contributed by atoms with Crippen LogP contribution in [0.25, 0.3) is 0 Å². The monoisotopic (exact) mass is 313 g/mol. The molecule has 0 spiro atoms. The molecule has 0 atom stereocenters. The van der Waals surface area contributed by atoms with E-state index in [9.17, 15) is 4.79 Å². The summed E-state index contributed by atoms with van der Waals surface area (Å²) in [6, 6.07) is 2.97. The van der Waals surface area contributed by atoms with Gasteiger partial charge in [0, 0.05) is 25.7 Å². The van der Waals surface area contributed by atoms with E-state index in [1.807, 2.05) is 6.92 Å². The van der Waals surface area contributed by atoms with Crippen LogP contribution in [-0.4, -0.2) is 43.5 Å². The van der Waals surface area contributed by atoms with Gasteiger partial charge in [0.2, 0.25) is 0 Å². The van der Waals surface area contributed by atoms with Crippen molar-refractivity contribution in [3.63, 3.8) is 0 Å². The van der Waals surface area contributed by atoms with Gasteiger partial charge in [0.15, 0.2) is 5.96 Å². The minimum atomic E-state index is -0.326. The number of nitrogens with zero attached hydrogens (tertiary/aromatic N) is 1. The van der Waals surface area contributed by atoms with E-state index in [2.05, 4.69) is 5.32 Å². The van der Waals surface area contributed by atoms with Crippen LogP contribution in [0.5, 0.6) is 5.75 Å². The van der Waals surface area contributed by atoms with Crippen molar-refractivity contribution in [1.29, 1.82) is 5.41 Å². The molecule has 1 rings (SSSR count). The van der Waals surface area contributed by atoms with Crippen molar-refractivity contribution in [2.75, 3.05) is 32.5 Å². The number of amides is 1. The second kappa shape index (κ2) is 7.58. The van der Waals surface area contributed by atoms with Crippen molar-refractivity contribution in [3.8, 4) is 5.75 Å². The predicted octanol–water partition coefficient (Wildman–Crippen LogP) is 0.876. The number of hydrogen-bond donors (Lipinski definition) is 4. The lowest BCUT2D eigenvalue weighted by molar-refractivity contribution is 0.0948. The van der Waals surface area contributed by atoms with Crippen LogP contribution in [0.3, 0.4) is 0 Å². The normalized spacial score (nSPS) is 10.0. The Morgan fingerprint density at radius 1 is 1.52 bits per heavy atom. The first-order valence-electron chi connectivity index (χ1n) is 6.40. The quantitative estimate of drug-likeness (QED) is 0.353. The van der Waals surface area contributed by atoms with Crippen LogP contribution in [0.1, 0.15) is 17.3 Å². The number of guanidine groups is 1. The number of nitrogens with two attached hydrogens (primary N) is 2. The average Bonchev–Trinajstić information content (AvgIpc) is 2.45. The third-order valence-electron chi connectivity index (χ3n) is 2.95. The van der Waals surface area contributed by atoms with E-state index in [0.717, 1.165) is 0 Å². The third-order valence-corrected chi connectivity index (χ3v) is 3.28. The number of benzene rings is 1. The number of nitrogens with one attached hydrogen (secondary N) is 2. The zero-order chi connectivity index (χ0) is 16.0. The molecule has 0 radical (unpaired) electrons. The lowest BCUT2D eigenvalue weighted by atomic mass is 10.1. The van der Waals surface area contributed by atoms with Crippen molar-refractivity contribution in [1.82, 2.24) is 10.2 Å². The number of ether oxygens (including phenoxy) is 1. The first-order valence-corrected chi connectivity index (χ1v) is 6.78. The molecule has 0 aliphatic heterocycles. The van der Waals surface area contributed by atoms with Crippen LogP contribution >= 0.6 is 11.6 Å². The van der Waals surface area contributed by atoms with Gasteiger partial charge in [-0.1, -0.05) is 11.6 Å². The van der Waals surface area contributed by atoms with Gasteiger partial charge in [-0.2, -0.15) is 0 Å². The minimum absolute atomic E-state index is 0.0279. The number of likely N-dealkylation sites (N-methyl/N-ethyl adjacent to an activating group) is 1. The first-order chi connectivity index (χ1) is 9.90. The second-order valence-corrected chi connectivity index (χ2v) is 4.70. The minimum Gasteiger partial charge on any atom is -0.496 e. The highest BCUT2D eigenvalue weighted by molar-refractivity contribution is 6.33. The molecule has 1 amide bonds. The van der Waals surface area contributed by atoms with Gasteiger partial charge in [-0.3, -0.25) is 10.2 Å². The molecule has 0 fully saturated rings. The molecule has 6 N–H and O–H groups in total. The molecule has 7 nitrogen and oxygen atoms in total. The number of hydrogen-bond acceptors (Lipinski definition) is 4. The van der Waals surface area contributed by atoms with Crippen molar-refractivity contribution < 1.29 is 9.53 Å². The lowest BCUT2D eigenvalue weighted by Crippen LogP contribution is -2.41. The van der Waals surface area contributed by atoms with Crippen LogP contribution in [0.15, 0.2) is 12.1 Å². The standard InChI is InChI=1S/C13H20ClN5O2/c1-3-19(13(16)17)5-4-18-12(20)8-6-9(14)10(15)7-11(8)21-2/h6-7H,3-5,15H2,1-2H3,(H3,16,17)(H,18,20). The first kappa shape index (κ1) is 16.9. The van der Waals surface area contributed by atoms with E-state index in [0.29, 0.717) is 41.7 Å². The van der Waals surface area contributed by atoms with Crippen molar-refractivity contribution in [2.45, 2.75) is 6.92 Å². The topological polar surface area (TPSA) is 117 Å². The highest BCUT2D eigenvalue weighted by atomic mass is 35.5. The molecular formula is C13H20ClN5O2. The molecule has 0 saturated carbocycles. The number of halogens is 1. The maximum atomic E-state index is 12.1. The maximum Gasteiger partial charge on any atom is 0.255 e. The summed E-state index contributed by atoms with van der Waals surface area (Å²) in [6.45, 7) is 3.27. The van der Waals surface area contributed by atoms with Gasteiger partial charge < -0.3 is 26.4 Å². The van der Waals surface area contributed by atoms with Gasteiger partial charge in [-0.05, 0) is 13.0 Å². The highest BCUT2D eigenvalue weighted by Gasteiger charge is 2.15. The van der Waals surface area contributed by atoms with Crippen LogP contribution in [0, 0.1) is 5.41 Å². The zero-order valence-corrected chi connectivity index (χ0v) is 12.8. The summed E-state index contributed by atoms with van der Waals surface area (Å²) in [5, 5.41) is 10.4. The Morgan fingerprint density at radius 3 is 2.71 bits per heavy atom. The smallest absolute Gasteiger partial charge is 0.255 e. The van der Waals surface area contributed by atoms with Crippen LogP contribution in [0.2, 0.25) is 5.02 Å². The number of nitrogen functional groups attached to an aromatic ring is 1. The van der Waals surface area contributed by atoms with Gasteiger partial charge in [-0.25, -0.2) is 0 Å². The number of carbonyl (C=O) groups is 1. The predicted molar refractivity (Wildman–Crippen MR) is 83.9 cm³/mol. The van der Waals surface area contributed by atoms with E-state index in [-0.39, 0.29) is 11.9 Å². The Hall–Kier alpha value is -2.15. The fraction of sp³-hybridized carbons (Fsp3) is 0.385. The molecule has 0 aliphatic carbocycles. The summed E-state index contributed by atoms with van der Waals surface area (Å²) < 4.78 is 5.13. The van der Waals surface area contributed by atoms with Gasteiger partial charge >= 0.3 is 0 Å². The summed E-state index contributed by atoms with van der Waals surface area (Å²) in [6.07, 6.45) is 0. The van der Waals surface area contributed by atoms with Crippen molar-refractivity contribution >= 4 is 29.2 Å². The van der Waals surface area contributed by atoms with Gasteiger partial charge in [-0.15, -0.1) is 0 Å². The van der Waals surface area contributed by atoms with Crippen LogP contribution < -0.4 is 21.5 Å². The number of carbonyl (C=O) groups excluding carboxylic acids is 1. The average molecular weight is 314 g/mol. The summed E-state index contributed by atoms with van der Waals surface area (Å²) in [7, 11) is 1.45. The van der Waals surface area contributed by atoms with E-state index in [4.69, 9.17) is 33.2 Å². The fourth-order valence-electron chi connectivity index (χ4n) is 1.76. The molecule has 1 aromatic rings. The summed E-state index contributed by atoms with van der Waals surface area (Å²) >= 11 is 5.92. The van der Waals surface area contributed by atoms with Gasteiger partial charge in [0.05, 0.1) is 23.4 Å². The zero-order valence-electron chi connectivity index (χ0n) is 12.1. The second-order valence-electron chi connectivity index (χ2n) is 4.29. The molecule has 0 aliphatic rings. The molecule has 0 saturated heterocycles. The molecule has 0 unspecified atom stereocenters.